The number of hydrogen-bond acceptors (Lipinski definition) is 0. The second kappa shape index (κ2) is 9.40. The van der Waals surface area contributed by atoms with E-state index in [9.17, 15) is 0 Å². The molecule has 0 fully saturated rings. The van der Waals surface area contributed by atoms with Crippen molar-refractivity contribution in [3.63, 3.8) is 0 Å². The third kappa shape index (κ3) is 3.65. The molecule has 2 aliphatic rings. The van der Waals surface area contributed by atoms with Gasteiger partial charge in [-0.3, -0.25) is 0 Å². The molecule has 0 bridgehead atoms. The standard InChI is InChI=1S/2C9H7.2C7H7.C2H7Si.Zr/c2*1-2-5-9-7-3-6-8(9)4-1;2*1-7-5-3-2-4-6-7;1-3-2;/h2*1-7H;2*2-6H,1H2;3H,1-2H3;. The van der Waals surface area contributed by atoms with Gasteiger partial charge < -0.3 is 0 Å². The van der Waals surface area contributed by atoms with E-state index in [-0.39, 0.29) is 0 Å². The van der Waals surface area contributed by atoms with Crippen LogP contribution in [0.15, 0.2) is 121 Å². The molecule has 2 atom stereocenters. The number of benzene rings is 4. The molecule has 0 nitrogen and oxygen atoms in total. The first kappa shape index (κ1) is 23.8. The molecule has 0 radical (unpaired) electrons. The second-order valence-electron chi connectivity index (χ2n) is 11.4. The van der Waals surface area contributed by atoms with Crippen molar-refractivity contribution in [2.24, 2.45) is 0 Å². The van der Waals surface area contributed by atoms with Crippen LogP contribution in [-0.4, -0.2) is 5.92 Å². The molecule has 2 unspecified atom stereocenters. The SMILES string of the molecule is C[SiH](C)[Zr]([CH2]c1ccccc1)([CH2]c1ccccc1)([CH]1C=Cc2ccccc21)[CH]1C=Cc2ccccc21. The fourth-order valence-corrected chi connectivity index (χ4v) is 50.5. The first-order valence-corrected chi connectivity index (χ1v) is 26.9. The zero-order chi connectivity index (χ0) is 24.6. The predicted molar refractivity (Wildman–Crippen MR) is 156 cm³/mol. The Morgan fingerprint density at radius 3 is 1.33 bits per heavy atom. The fourth-order valence-electron chi connectivity index (χ4n) is 7.80. The summed E-state index contributed by atoms with van der Waals surface area (Å²) in [6, 6.07) is 41.5. The summed E-state index contributed by atoms with van der Waals surface area (Å²) in [5.41, 5.74) is 9.14. The van der Waals surface area contributed by atoms with Crippen molar-refractivity contribution in [3.8, 4) is 0 Å². The van der Waals surface area contributed by atoms with E-state index < -0.39 is 23.9 Å². The minimum absolute atomic E-state index is 0.551. The molecule has 179 valence electrons. The number of allylic oxidation sites excluding steroid dienone is 2. The molecule has 0 amide bonds. The van der Waals surface area contributed by atoms with E-state index in [1.54, 1.807) is 11.1 Å². The second-order valence-corrected chi connectivity index (χ2v) is 45.5. The average molecular weight is 563 g/mol. The van der Waals surface area contributed by atoms with Crippen LogP contribution in [0.5, 0.6) is 0 Å². The van der Waals surface area contributed by atoms with Crippen molar-refractivity contribution in [3.05, 3.63) is 155 Å². The molecular weight excluding hydrogens is 528 g/mol. The molecule has 0 saturated carbocycles. The number of fused-ring (bicyclic) bond motifs is 2. The molecule has 6 rings (SSSR count). The van der Waals surface area contributed by atoms with Crippen molar-refractivity contribution < 1.29 is 17.9 Å². The Bertz CT molecular complexity index is 1330. The topological polar surface area (TPSA) is 0 Å². The molecule has 4 aromatic rings. The molecule has 36 heavy (non-hydrogen) atoms. The van der Waals surface area contributed by atoms with Crippen molar-refractivity contribution in [1.82, 2.24) is 0 Å². The van der Waals surface area contributed by atoms with Gasteiger partial charge in [0.2, 0.25) is 0 Å². The Morgan fingerprint density at radius 2 is 0.917 bits per heavy atom. The molecule has 0 saturated heterocycles. The van der Waals surface area contributed by atoms with Gasteiger partial charge in [0, 0.05) is 0 Å². The van der Waals surface area contributed by atoms with Crippen LogP contribution < -0.4 is 0 Å². The van der Waals surface area contributed by atoms with Crippen LogP contribution >= 0.6 is 0 Å². The normalized spacial score (nSPS) is 19.1. The maximum absolute atomic E-state index is 3.94. The van der Waals surface area contributed by atoms with Gasteiger partial charge in [-0.1, -0.05) is 0 Å². The molecular formula is C34H35SiZr. The van der Waals surface area contributed by atoms with Crippen LogP contribution in [0, 0.1) is 0 Å². The fraction of sp³-hybridized carbons (Fsp3) is 0.176. The summed E-state index contributed by atoms with van der Waals surface area (Å²) in [4.78, 5) is 0. The third-order valence-electron chi connectivity index (χ3n) is 9.64. The first-order chi connectivity index (χ1) is 17.6. The van der Waals surface area contributed by atoms with Crippen LogP contribution in [0.25, 0.3) is 12.2 Å². The van der Waals surface area contributed by atoms with Gasteiger partial charge >= 0.3 is 219 Å². The van der Waals surface area contributed by atoms with E-state index in [0.717, 1.165) is 0 Å². The summed E-state index contributed by atoms with van der Waals surface area (Å²) >= 11 is -3.94. The number of hydrogen-bond donors (Lipinski definition) is 0. The van der Waals surface area contributed by atoms with Gasteiger partial charge in [0.25, 0.3) is 0 Å². The molecule has 2 heteroatoms. The minimum atomic E-state index is -3.94. The molecule has 0 spiro atoms. The van der Waals surface area contributed by atoms with Crippen LogP contribution in [0.1, 0.15) is 40.6 Å². The summed E-state index contributed by atoms with van der Waals surface area (Å²) in [5.74, 6) is -1.21. The van der Waals surface area contributed by atoms with Crippen molar-refractivity contribution >= 4 is 18.1 Å². The van der Waals surface area contributed by atoms with Gasteiger partial charge in [-0.05, 0) is 0 Å². The monoisotopic (exact) mass is 561 g/mol. The van der Waals surface area contributed by atoms with Gasteiger partial charge in [-0.15, -0.1) is 0 Å². The van der Waals surface area contributed by atoms with E-state index >= 15 is 0 Å². The Labute approximate surface area is 218 Å². The van der Waals surface area contributed by atoms with Gasteiger partial charge in [-0.25, -0.2) is 0 Å². The van der Waals surface area contributed by atoms with Gasteiger partial charge in [-0.2, -0.15) is 0 Å². The predicted octanol–water partition coefficient (Wildman–Crippen LogP) is 8.60. The molecule has 4 aromatic carbocycles. The molecule has 0 aliphatic heterocycles. The van der Waals surface area contributed by atoms with Crippen molar-refractivity contribution in [1.29, 1.82) is 0 Å². The van der Waals surface area contributed by atoms with Crippen molar-refractivity contribution in [2.45, 2.75) is 28.6 Å². The van der Waals surface area contributed by atoms with E-state index in [4.69, 9.17) is 0 Å². The summed E-state index contributed by atoms with van der Waals surface area (Å²) in [7, 11) is 0. The average Bonchev–Trinajstić information content (AvgIpc) is 3.55. The third-order valence-corrected chi connectivity index (χ3v) is 57.7. The summed E-state index contributed by atoms with van der Waals surface area (Å²) in [6.45, 7) is 5.42. The molecule has 2 aliphatic carbocycles. The zero-order valence-electron chi connectivity index (χ0n) is 21.3. The van der Waals surface area contributed by atoms with E-state index in [0.29, 0.717) is 7.25 Å². The Hall–Kier alpha value is -2.54. The van der Waals surface area contributed by atoms with Gasteiger partial charge in [0.15, 0.2) is 0 Å². The summed E-state index contributed by atoms with van der Waals surface area (Å²) in [5, 5.41) is 0. The number of rotatable bonds is 7. The van der Waals surface area contributed by atoms with E-state index in [1.807, 2.05) is 0 Å². The van der Waals surface area contributed by atoms with Gasteiger partial charge in [0.1, 0.15) is 0 Å². The molecule has 0 aromatic heterocycles. The Morgan fingerprint density at radius 1 is 0.528 bits per heavy atom. The van der Waals surface area contributed by atoms with E-state index in [2.05, 4.69) is 147 Å². The Kier molecular flexibility index (Phi) is 6.22. The van der Waals surface area contributed by atoms with Crippen LogP contribution in [0.3, 0.4) is 0 Å². The van der Waals surface area contributed by atoms with Crippen LogP contribution in [0.2, 0.25) is 13.1 Å². The molecule has 0 N–H and O–H groups in total. The first-order valence-electron chi connectivity index (χ1n) is 13.4. The summed E-state index contributed by atoms with van der Waals surface area (Å²) < 4.78 is 3.65. The van der Waals surface area contributed by atoms with Crippen LogP contribution in [0.4, 0.5) is 0 Å². The Balaban J connectivity index is 1.70. The van der Waals surface area contributed by atoms with Crippen molar-refractivity contribution in [2.75, 3.05) is 0 Å². The molecule has 0 heterocycles. The van der Waals surface area contributed by atoms with E-state index in [1.165, 1.54) is 30.5 Å². The maximum atomic E-state index is 2.71. The quantitative estimate of drug-likeness (QED) is 0.198. The zero-order valence-corrected chi connectivity index (χ0v) is 25.0. The van der Waals surface area contributed by atoms with Gasteiger partial charge in [0.05, 0.1) is 0 Å². The van der Waals surface area contributed by atoms with Crippen LogP contribution in [-0.2, 0) is 26.2 Å². The summed E-state index contributed by atoms with van der Waals surface area (Å²) in [6.07, 6.45) is 10.2.